The number of hydrogen-bond donors (Lipinski definition) is 2. The molecule has 2 heterocycles. The van der Waals surface area contributed by atoms with Crippen molar-refractivity contribution >= 4 is 23.3 Å². The minimum atomic E-state index is -0.618. The van der Waals surface area contributed by atoms with Gasteiger partial charge in [-0.25, -0.2) is 9.69 Å². The van der Waals surface area contributed by atoms with Crippen LogP contribution in [0.2, 0.25) is 0 Å². The standard InChI is InChI=1S/C17H25N3O2S/c1-13-7-10-23-14(13)11-19(2)12-20-15(21)17(18-16(20)22)8-5-3-4-6-9-17/h7,10H,3-6,8-9,11-12H2,1-2H3,(H,18,22)/p+1. The van der Waals surface area contributed by atoms with Crippen LogP contribution in [0.3, 0.4) is 0 Å². The van der Waals surface area contributed by atoms with Gasteiger partial charge in [0.2, 0.25) is 0 Å². The summed E-state index contributed by atoms with van der Waals surface area (Å²) in [6.45, 7) is 3.38. The van der Waals surface area contributed by atoms with E-state index in [1.54, 1.807) is 11.3 Å². The van der Waals surface area contributed by atoms with E-state index in [0.29, 0.717) is 6.67 Å². The smallest absolute Gasteiger partial charge is 0.323 e. The summed E-state index contributed by atoms with van der Waals surface area (Å²) >= 11 is 1.74. The molecule has 1 aromatic rings. The fourth-order valence-electron chi connectivity index (χ4n) is 3.68. The molecule has 3 amide bonds. The third kappa shape index (κ3) is 3.28. The molecule has 2 fully saturated rings. The normalized spacial score (nSPS) is 22.3. The van der Waals surface area contributed by atoms with Gasteiger partial charge in [0.25, 0.3) is 5.91 Å². The Balaban J connectivity index is 1.66. The SMILES string of the molecule is Cc1ccsc1C[NH+](C)CN1C(=O)NC2(CCCCCC2)C1=O. The number of aryl methyl sites for hydroxylation is 1. The maximum Gasteiger partial charge on any atom is 0.329 e. The van der Waals surface area contributed by atoms with Crippen LogP contribution < -0.4 is 10.2 Å². The van der Waals surface area contributed by atoms with E-state index < -0.39 is 5.54 Å². The van der Waals surface area contributed by atoms with Crippen molar-refractivity contribution in [2.75, 3.05) is 13.7 Å². The summed E-state index contributed by atoms with van der Waals surface area (Å²) in [5, 5.41) is 5.10. The Kier molecular flexibility index (Phi) is 4.73. The quantitative estimate of drug-likeness (QED) is 0.822. The number of amides is 3. The van der Waals surface area contributed by atoms with Gasteiger partial charge in [0.1, 0.15) is 12.1 Å². The zero-order valence-electron chi connectivity index (χ0n) is 14.0. The lowest BCUT2D eigenvalue weighted by Gasteiger charge is -2.25. The average Bonchev–Trinajstić information content (AvgIpc) is 2.89. The van der Waals surface area contributed by atoms with E-state index in [2.05, 4.69) is 23.7 Å². The molecule has 1 saturated heterocycles. The van der Waals surface area contributed by atoms with E-state index in [-0.39, 0.29) is 11.9 Å². The van der Waals surface area contributed by atoms with Gasteiger partial charge in [-0.15, -0.1) is 11.3 Å². The second-order valence-corrected chi connectivity index (χ2v) is 7.98. The molecule has 1 spiro atoms. The van der Waals surface area contributed by atoms with Crippen LogP contribution in [0.1, 0.15) is 49.0 Å². The van der Waals surface area contributed by atoms with Crippen molar-refractivity contribution < 1.29 is 14.5 Å². The summed E-state index contributed by atoms with van der Waals surface area (Å²) in [5.74, 6) is -0.00773. The Morgan fingerprint density at radius 1 is 1.26 bits per heavy atom. The van der Waals surface area contributed by atoms with Crippen LogP contribution in [0, 0.1) is 6.92 Å². The third-order valence-corrected chi connectivity index (χ3v) is 6.08. The molecule has 0 bridgehead atoms. The summed E-state index contributed by atoms with van der Waals surface area (Å²) in [6.07, 6.45) is 5.95. The Bertz CT molecular complexity index is 590. The molecule has 5 nitrogen and oxygen atoms in total. The van der Waals surface area contributed by atoms with Crippen molar-refractivity contribution in [3.05, 3.63) is 21.9 Å². The largest absolute Gasteiger partial charge is 0.329 e. The van der Waals surface area contributed by atoms with Crippen LogP contribution >= 0.6 is 11.3 Å². The number of carbonyl (C=O) groups excluding carboxylic acids is 2. The summed E-state index contributed by atoms with van der Waals surface area (Å²) in [7, 11) is 2.04. The van der Waals surface area contributed by atoms with Crippen LogP contribution in [-0.2, 0) is 11.3 Å². The van der Waals surface area contributed by atoms with Crippen LogP contribution in [0.4, 0.5) is 4.79 Å². The lowest BCUT2D eigenvalue weighted by molar-refractivity contribution is -0.900. The van der Waals surface area contributed by atoms with E-state index >= 15 is 0 Å². The summed E-state index contributed by atoms with van der Waals surface area (Å²) < 4.78 is 0. The van der Waals surface area contributed by atoms with Gasteiger partial charge in [0.15, 0.2) is 6.67 Å². The fraction of sp³-hybridized carbons (Fsp3) is 0.647. The Labute approximate surface area is 141 Å². The number of thiophene rings is 1. The van der Waals surface area contributed by atoms with E-state index in [1.165, 1.54) is 15.3 Å². The average molecular weight is 336 g/mol. The first-order valence-corrected chi connectivity index (χ1v) is 9.38. The van der Waals surface area contributed by atoms with Crippen LogP contribution in [0.25, 0.3) is 0 Å². The molecule has 0 radical (unpaired) electrons. The summed E-state index contributed by atoms with van der Waals surface area (Å²) in [4.78, 5) is 29.2. The molecule has 1 saturated carbocycles. The maximum absolute atomic E-state index is 12.9. The minimum Gasteiger partial charge on any atom is -0.323 e. The van der Waals surface area contributed by atoms with Crippen LogP contribution in [0.15, 0.2) is 11.4 Å². The summed E-state index contributed by atoms with van der Waals surface area (Å²) in [5.41, 5.74) is 0.666. The zero-order valence-corrected chi connectivity index (χ0v) is 14.8. The Morgan fingerprint density at radius 3 is 2.57 bits per heavy atom. The molecule has 6 heteroatoms. The number of urea groups is 1. The number of nitrogens with one attached hydrogen (secondary N) is 2. The number of quaternary nitrogens is 1. The number of nitrogens with zero attached hydrogens (tertiary/aromatic N) is 1. The molecule has 23 heavy (non-hydrogen) atoms. The predicted octanol–water partition coefficient (Wildman–Crippen LogP) is 1.67. The molecular formula is C17H26N3O2S+. The fourth-order valence-corrected chi connectivity index (χ4v) is 4.70. The van der Waals surface area contributed by atoms with Gasteiger partial charge in [-0.05, 0) is 36.8 Å². The van der Waals surface area contributed by atoms with Crippen molar-refractivity contribution in [2.45, 2.75) is 57.5 Å². The molecular weight excluding hydrogens is 310 g/mol. The number of imide groups is 1. The first-order chi connectivity index (χ1) is 11.0. The van der Waals surface area contributed by atoms with Gasteiger partial charge in [-0.1, -0.05) is 25.7 Å². The second-order valence-electron chi connectivity index (χ2n) is 6.98. The molecule has 2 aliphatic rings. The van der Waals surface area contributed by atoms with Crippen LogP contribution in [-0.4, -0.2) is 36.1 Å². The molecule has 2 N–H and O–H groups in total. The predicted molar refractivity (Wildman–Crippen MR) is 90.3 cm³/mol. The van der Waals surface area contributed by atoms with Gasteiger partial charge in [0, 0.05) is 0 Å². The van der Waals surface area contributed by atoms with Crippen molar-refractivity contribution in [3.8, 4) is 0 Å². The molecule has 1 aromatic heterocycles. The molecule has 1 aliphatic heterocycles. The second kappa shape index (κ2) is 6.61. The van der Waals surface area contributed by atoms with Crippen LogP contribution in [0.5, 0.6) is 0 Å². The van der Waals surface area contributed by atoms with Gasteiger partial charge in [0.05, 0.1) is 11.9 Å². The first kappa shape index (κ1) is 16.5. The van der Waals surface area contributed by atoms with Gasteiger partial charge < -0.3 is 10.2 Å². The number of rotatable bonds is 4. The van der Waals surface area contributed by atoms with E-state index in [9.17, 15) is 9.59 Å². The van der Waals surface area contributed by atoms with E-state index in [0.717, 1.165) is 50.0 Å². The monoisotopic (exact) mass is 336 g/mol. The molecule has 1 unspecified atom stereocenters. The molecule has 3 rings (SSSR count). The molecule has 1 aliphatic carbocycles. The number of carbonyl (C=O) groups is 2. The lowest BCUT2D eigenvalue weighted by Crippen LogP contribution is -3.09. The summed E-state index contributed by atoms with van der Waals surface area (Å²) in [6, 6.07) is 1.90. The topological polar surface area (TPSA) is 53.9 Å². The highest BCUT2D eigenvalue weighted by atomic mass is 32.1. The highest BCUT2D eigenvalue weighted by Gasteiger charge is 2.51. The molecule has 0 aromatic carbocycles. The molecule has 126 valence electrons. The first-order valence-electron chi connectivity index (χ1n) is 8.50. The minimum absolute atomic E-state index is 0.00773. The Morgan fingerprint density at radius 2 is 1.96 bits per heavy atom. The third-order valence-electron chi connectivity index (χ3n) is 5.06. The zero-order chi connectivity index (χ0) is 16.4. The van der Waals surface area contributed by atoms with Crippen molar-refractivity contribution in [2.24, 2.45) is 0 Å². The highest BCUT2D eigenvalue weighted by molar-refractivity contribution is 7.10. The van der Waals surface area contributed by atoms with Gasteiger partial charge in [-0.3, -0.25) is 4.79 Å². The van der Waals surface area contributed by atoms with Crippen molar-refractivity contribution in [3.63, 3.8) is 0 Å². The van der Waals surface area contributed by atoms with E-state index in [1.807, 2.05) is 7.05 Å². The molecule has 1 atom stereocenters. The number of hydrogen-bond acceptors (Lipinski definition) is 3. The maximum atomic E-state index is 12.9. The van der Waals surface area contributed by atoms with Crippen molar-refractivity contribution in [1.29, 1.82) is 0 Å². The van der Waals surface area contributed by atoms with Gasteiger partial charge >= 0.3 is 6.03 Å². The lowest BCUT2D eigenvalue weighted by atomic mass is 9.90. The van der Waals surface area contributed by atoms with E-state index in [4.69, 9.17) is 0 Å². The Hall–Kier alpha value is -1.40. The van der Waals surface area contributed by atoms with Gasteiger partial charge in [-0.2, -0.15) is 0 Å². The highest BCUT2D eigenvalue weighted by Crippen LogP contribution is 2.32. The van der Waals surface area contributed by atoms with Crippen molar-refractivity contribution in [1.82, 2.24) is 10.2 Å².